The Morgan fingerprint density at radius 1 is 1.15 bits per heavy atom. The maximum atomic E-state index is 12.8. The molecule has 0 aromatic rings. The molecule has 1 saturated carbocycles. The summed E-state index contributed by atoms with van der Waals surface area (Å²) in [7, 11) is 1.72. The molecule has 1 aliphatic carbocycles. The highest BCUT2D eigenvalue weighted by Gasteiger charge is 2.34. The average molecular weight is 388 g/mol. The number of hydrogen-bond acceptors (Lipinski definition) is 5. The number of aliphatic hydroxyl groups is 1. The van der Waals surface area contributed by atoms with E-state index < -0.39 is 23.8 Å². The van der Waals surface area contributed by atoms with Crippen LogP contribution in [0.1, 0.15) is 58.8 Å². The topological polar surface area (TPSA) is 111 Å². The first-order valence-corrected chi connectivity index (χ1v) is 9.84. The van der Waals surface area contributed by atoms with Crippen LogP contribution in [0.3, 0.4) is 0 Å². The zero-order chi connectivity index (χ0) is 19.7. The lowest BCUT2D eigenvalue weighted by molar-refractivity contribution is -0.146. The Hall–Kier alpha value is -1.25. The van der Waals surface area contributed by atoms with E-state index in [1.165, 1.54) is 24.7 Å². The minimum absolute atomic E-state index is 0.0972. The normalized spacial score (nSPS) is 18.7. The van der Waals surface area contributed by atoms with E-state index in [4.69, 9.17) is 17.4 Å². The average Bonchev–Trinajstić information content (AvgIpc) is 2.64. The van der Waals surface area contributed by atoms with Crippen molar-refractivity contribution in [3.63, 3.8) is 0 Å². The van der Waals surface area contributed by atoms with Gasteiger partial charge in [0.1, 0.15) is 6.10 Å². The lowest BCUT2D eigenvalue weighted by atomic mass is 9.84. The van der Waals surface area contributed by atoms with Gasteiger partial charge in [-0.1, -0.05) is 58.2 Å². The van der Waals surface area contributed by atoms with Crippen molar-refractivity contribution in [3.05, 3.63) is 0 Å². The standard InChI is InChI=1S/C18H33N3O4S/c1-11(2)9-13(15(22)17(24)21-25)16(23)20-14(18(26)19-3)10-12-7-5-4-6-8-12/h11-15,22,25H,4-10H2,1-3H3,(H,19,26)(H,20,23)(H,21,24)/t13-,14+,15+/m1/s1. The number of carbonyl (C=O) groups excluding carboxylic acids is 2. The molecule has 1 aliphatic rings. The van der Waals surface area contributed by atoms with Gasteiger partial charge in [-0.15, -0.1) is 0 Å². The largest absolute Gasteiger partial charge is 0.382 e. The summed E-state index contributed by atoms with van der Waals surface area (Å²) in [6.07, 6.45) is 5.37. The van der Waals surface area contributed by atoms with Crippen molar-refractivity contribution in [2.45, 2.75) is 70.9 Å². The molecule has 0 bridgehead atoms. The van der Waals surface area contributed by atoms with Gasteiger partial charge in [0.2, 0.25) is 5.91 Å². The molecule has 1 fully saturated rings. The number of nitrogens with one attached hydrogen (secondary N) is 3. The van der Waals surface area contributed by atoms with Crippen LogP contribution in [0.4, 0.5) is 0 Å². The Balaban J connectivity index is 2.84. The van der Waals surface area contributed by atoms with Crippen LogP contribution in [0.5, 0.6) is 0 Å². The molecule has 0 heterocycles. The molecule has 150 valence electrons. The van der Waals surface area contributed by atoms with Crippen molar-refractivity contribution in [2.24, 2.45) is 17.8 Å². The van der Waals surface area contributed by atoms with Crippen LogP contribution < -0.4 is 16.1 Å². The molecule has 3 atom stereocenters. The number of rotatable bonds is 9. The molecule has 8 heteroatoms. The van der Waals surface area contributed by atoms with Gasteiger partial charge >= 0.3 is 0 Å². The van der Waals surface area contributed by atoms with Gasteiger partial charge in [0.05, 0.1) is 16.9 Å². The van der Waals surface area contributed by atoms with Crippen LogP contribution in [0, 0.1) is 17.8 Å². The lowest BCUT2D eigenvalue weighted by Gasteiger charge is -2.30. The van der Waals surface area contributed by atoms with Crippen molar-refractivity contribution in [1.82, 2.24) is 16.1 Å². The third-order valence-electron chi connectivity index (χ3n) is 5.00. The monoisotopic (exact) mass is 387 g/mol. The fourth-order valence-corrected chi connectivity index (χ4v) is 3.73. The third-order valence-corrected chi connectivity index (χ3v) is 5.48. The Morgan fingerprint density at radius 3 is 2.27 bits per heavy atom. The molecular formula is C18H33N3O4S. The highest BCUT2D eigenvalue weighted by molar-refractivity contribution is 7.80. The summed E-state index contributed by atoms with van der Waals surface area (Å²) in [6, 6.07) is -0.329. The van der Waals surface area contributed by atoms with Crippen molar-refractivity contribution < 1.29 is 19.9 Å². The van der Waals surface area contributed by atoms with Crippen LogP contribution in [-0.2, 0) is 9.59 Å². The summed E-state index contributed by atoms with van der Waals surface area (Å²) in [4.78, 5) is 24.9. The van der Waals surface area contributed by atoms with Gasteiger partial charge in [0, 0.05) is 7.05 Å². The summed E-state index contributed by atoms with van der Waals surface area (Å²) >= 11 is 5.37. The fourth-order valence-electron chi connectivity index (χ4n) is 3.58. The number of amides is 2. The minimum atomic E-state index is -1.61. The molecule has 0 aliphatic heterocycles. The number of hydroxylamine groups is 1. The van der Waals surface area contributed by atoms with Crippen LogP contribution in [-0.4, -0.2) is 46.3 Å². The van der Waals surface area contributed by atoms with E-state index in [1.54, 1.807) is 7.05 Å². The van der Waals surface area contributed by atoms with Gasteiger partial charge in [-0.25, -0.2) is 5.48 Å². The number of hydrogen-bond donors (Lipinski definition) is 5. The zero-order valence-corrected chi connectivity index (χ0v) is 16.8. The summed E-state index contributed by atoms with van der Waals surface area (Å²) < 4.78 is 0. The van der Waals surface area contributed by atoms with E-state index in [2.05, 4.69) is 10.6 Å². The van der Waals surface area contributed by atoms with Gasteiger partial charge in [-0.2, -0.15) is 0 Å². The quantitative estimate of drug-likeness (QED) is 0.233. The molecule has 26 heavy (non-hydrogen) atoms. The SMILES string of the molecule is CNC(=S)[C@H](CC1CCCCC1)NC(=O)[C@H](CC(C)C)[C@H](O)C(=O)NO. The molecular weight excluding hydrogens is 354 g/mol. The second-order valence-electron chi connectivity index (χ2n) is 7.57. The predicted molar refractivity (Wildman–Crippen MR) is 104 cm³/mol. The maximum Gasteiger partial charge on any atom is 0.272 e. The minimum Gasteiger partial charge on any atom is -0.382 e. The summed E-state index contributed by atoms with van der Waals surface area (Å²) in [5, 5.41) is 24.8. The van der Waals surface area contributed by atoms with Crippen molar-refractivity contribution in [3.8, 4) is 0 Å². The van der Waals surface area contributed by atoms with Crippen molar-refractivity contribution >= 4 is 29.0 Å². The molecule has 0 radical (unpaired) electrons. The van der Waals surface area contributed by atoms with Gasteiger partial charge in [0.25, 0.3) is 5.91 Å². The van der Waals surface area contributed by atoms with Crippen LogP contribution in [0.25, 0.3) is 0 Å². The van der Waals surface area contributed by atoms with Gasteiger partial charge in [-0.3, -0.25) is 14.8 Å². The van der Waals surface area contributed by atoms with Crippen LogP contribution >= 0.6 is 12.2 Å². The Kier molecular flexibility index (Phi) is 10.0. The predicted octanol–water partition coefficient (Wildman–Crippen LogP) is 1.52. The molecule has 1 rings (SSSR count). The highest BCUT2D eigenvalue weighted by Crippen LogP contribution is 2.28. The lowest BCUT2D eigenvalue weighted by Crippen LogP contribution is -2.52. The third kappa shape index (κ3) is 7.17. The number of thiocarbonyl (C=S) groups is 1. The Morgan fingerprint density at radius 2 is 1.77 bits per heavy atom. The van der Waals surface area contributed by atoms with E-state index in [0.717, 1.165) is 19.3 Å². The molecule has 5 N–H and O–H groups in total. The zero-order valence-electron chi connectivity index (χ0n) is 16.0. The molecule has 0 saturated heterocycles. The molecule has 0 unspecified atom stereocenters. The molecule has 0 spiro atoms. The summed E-state index contributed by atoms with van der Waals surface area (Å²) in [5.74, 6) is -1.75. The number of aliphatic hydroxyl groups excluding tert-OH is 1. The molecule has 2 amide bonds. The summed E-state index contributed by atoms with van der Waals surface area (Å²) in [5.41, 5.74) is 1.42. The molecule has 7 nitrogen and oxygen atoms in total. The van der Waals surface area contributed by atoms with E-state index in [0.29, 0.717) is 17.3 Å². The van der Waals surface area contributed by atoms with E-state index >= 15 is 0 Å². The van der Waals surface area contributed by atoms with Crippen LogP contribution in [0.2, 0.25) is 0 Å². The smallest absolute Gasteiger partial charge is 0.272 e. The fraction of sp³-hybridized carbons (Fsp3) is 0.833. The Labute approximate surface area is 161 Å². The maximum absolute atomic E-state index is 12.8. The number of likely N-dealkylation sites (N-methyl/N-ethyl adjacent to an activating group) is 1. The van der Waals surface area contributed by atoms with E-state index in [-0.39, 0.29) is 12.0 Å². The molecule has 0 aromatic heterocycles. The van der Waals surface area contributed by atoms with Gasteiger partial charge in [0.15, 0.2) is 0 Å². The first-order chi connectivity index (χ1) is 12.3. The van der Waals surface area contributed by atoms with Gasteiger partial charge < -0.3 is 15.7 Å². The molecule has 0 aromatic carbocycles. The highest BCUT2D eigenvalue weighted by atomic mass is 32.1. The second-order valence-corrected chi connectivity index (χ2v) is 8.01. The first-order valence-electron chi connectivity index (χ1n) is 9.44. The second kappa shape index (κ2) is 11.5. The summed E-state index contributed by atoms with van der Waals surface area (Å²) in [6.45, 7) is 3.81. The Bertz CT molecular complexity index is 481. The van der Waals surface area contributed by atoms with Crippen molar-refractivity contribution in [2.75, 3.05) is 7.05 Å². The number of carbonyl (C=O) groups is 2. The van der Waals surface area contributed by atoms with Crippen molar-refractivity contribution in [1.29, 1.82) is 0 Å². The van der Waals surface area contributed by atoms with E-state index in [1.807, 2.05) is 13.8 Å². The first kappa shape index (κ1) is 22.8. The van der Waals surface area contributed by atoms with Crippen LogP contribution in [0.15, 0.2) is 0 Å². The van der Waals surface area contributed by atoms with E-state index in [9.17, 15) is 14.7 Å². The van der Waals surface area contributed by atoms with Gasteiger partial charge in [-0.05, 0) is 24.7 Å².